The first kappa shape index (κ1) is 11.3. The molecule has 3 saturated carbocycles. The van der Waals surface area contributed by atoms with Gasteiger partial charge in [0.15, 0.2) is 5.69 Å². The zero-order chi connectivity index (χ0) is 13.3. The van der Waals surface area contributed by atoms with Gasteiger partial charge in [0, 0.05) is 6.04 Å². The quantitative estimate of drug-likeness (QED) is 0.824. The summed E-state index contributed by atoms with van der Waals surface area (Å²) in [5.74, 6) is 4.21. The fourth-order valence-corrected chi connectivity index (χ4v) is 4.81. The van der Waals surface area contributed by atoms with Crippen LogP contribution >= 0.6 is 0 Å². The summed E-state index contributed by atoms with van der Waals surface area (Å²) in [6.45, 7) is 1.93. The van der Waals surface area contributed by atoms with Crippen LogP contribution in [0.25, 0.3) is 0 Å². The van der Waals surface area contributed by atoms with Gasteiger partial charge in [0.05, 0.1) is 7.11 Å². The number of esters is 1. The van der Waals surface area contributed by atoms with Gasteiger partial charge in [0.1, 0.15) is 11.6 Å². The predicted octanol–water partition coefficient (Wildman–Crippen LogP) is 1.78. The zero-order valence-corrected chi connectivity index (χ0v) is 11.3. The van der Waals surface area contributed by atoms with Gasteiger partial charge in [-0.15, -0.1) is 0 Å². The number of hydrogen-bond donors (Lipinski definition) is 1. The maximum atomic E-state index is 11.7. The highest BCUT2D eigenvalue weighted by Crippen LogP contribution is 2.72. The first-order valence-corrected chi connectivity index (χ1v) is 7.06. The van der Waals surface area contributed by atoms with Crippen LogP contribution in [-0.4, -0.2) is 22.6 Å². The van der Waals surface area contributed by atoms with E-state index >= 15 is 0 Å². The first-order valence-electron chi connectivity index (χ1n) is 7.06. The number of carbonyl (C=O) groups is 1. The summed E-state index contributed by atoms with van der Waals surface area (Å²) in [6.07, 6.45) is 4.16. The lowest BCUT2D eigenvalue weighted by Crippen LogP contribution is -2.11. The van der Waals surface area contributed by atoms with Gasteiger partial charge in [-0.2, -0.15) is 0 Å². The van der Waals surface area contributed by atoms with E-state index in [0.717, 1.165) is 29.5 Å². The van der Waals surface area contributed by atoms with Gasteiger partial charge in [-0.3, -0.25) is 0 Å². The Bertz CT molecular complexity index is 549. The van der Waals surface area contributed by atoms with Crippen molar-refractivity contribution in [2.24, 2.45) is 23.7 Å². The number of methoxy groups -OCH3 is 1. The second-order valence-electron chi connectivity index (χ2n) is 6.23. The molecule has 3 aliphatic carbocycles. The van der Waals surface area contributed by atoms with E-state index in [2.05, 4.69) is 9.55 Å². The van der Waals surface area contributed by atoms with Crippen molar-refractivity contribution >= 4 is 11.8 Å². The molecule has 2 N–H and O–H groups in total. The van der Waals surface area contributed by atoms with Crippen LogP contribution in [-0.2, 0) is 4.74 Å². The van der Waals surface area contributed by atoms with E-state index in [4.69, 9.17) is 10.5 Å². The van der Waals surface area contributed by atoms with Gasteiger partial charge in [-0.1, -0.05) is 0 Å². The van der Waals surface area contributed by atoms with Gasteiger partial charge < -0.3 is 15.0 Å². The molecule has 0 saturated heterocycles. The zero-order valence-electron chi connectivity index (χ0n) is 11.3. The molecule has 5 nitrogen and oxygen atoms in total. The summed E-state index contributed by atoms with van der Waals surface area (Å²) in [7, 11) is 1.36. The van der Waals surface area contributed by atoms with Gasteiger partial charge in [0.2, 0.25) is 0 Å². The van der Waals surface area contributed by atoms with Crippen molar-refractivity contribution in [2.75, 3.05) is 12.8 Å². The van der Waals surface area contributed by atoms with Crippen LogP contribution in [0, 0.1) is 30.6 Å². The topological polar surface area (TPSA) is 70.1 Å². The minimum atomic E-state index is -0.437. The lowest BCUT2D eigenvalue weighted by atomic mass is 10.0. The predicted molar refractivity (Wildman–Crippen MR) is 69.6 cm³/mol. The number of aryl methyl sites for hydroxylation is 1. The van der Waals surface area contributed by atoms with Crippen molar-refractivity contribution < 1.29 is 9.53 Å². The number of nitrogens with zero attached hydrogens (tertiary/aromatic N) is 2. The summed E-state index contributed by atoms with van der Waals surface area (Å²) < 4.78 is 6.83. The molecule has 2 bridgehead atoms. The number of ether oxygens (including phenoxy) is 1. The van der Waals surface area contributed by atoms with Crippen LogP contribution in [0.5, 0.6) is 0 Å². The van der Waals surface area contributed by atoms with Crippen LogP contribution < -0.4 is 5.73 Å². The molecule has 3 fully saturated rings. The number of carbonyl (C=O) groups excluding carboxylic acids is 1. The Morgan fingerprint density at radius 3 is 2.58 bits per heavy atom. The number of anilines is 1. The average Bonchev–Trinajstić information content (AvgIpc) is 2.75. The van der Waals surface area contributed by atoms with E-state index in [1.807, 2.05) is 6.92 Å². The molecule has 3 aliphatic rings. The Morgan fingerprint density at radius 1 is 1.37 bits per heavy atom. The summed E-state index contributed by atoms with van der Waals surface area (Å²) >= 11 is 0. The normalized spacial score (nSPS) is 38.3. The largest absolute Gasteiger partial charge is 0.464 e. The van der Waals surface area contributed by atoms with Crippen molar-refractivity contribution in [3.63, 3.8) is 0 Å². The maximum Gasteiger partial charge on any atom is 0.360 e. The Labute approximate surface area is 112 Å². The highest BCUT2D eigenvalue weighted by atomic mass is 16.5. The van der Waals surface area contributed by atoms with E-state index in [0.29, 0.717) is 11.9 Å². The molecule has 1 heterocycles. The van der Waals surface area contributed by atoms with Gasteiger partial charge >= 0.3 is 5.97 Å². The summed E-state index contributed by atoms with van der Waals surface area (Å²) in [5.41, 5.74) is 6.41. The van der Waals surface area contributed by atoms with Gasteiger partial charge in [-0.25, -0.2) is 9.78 Å². The maximum absolute atomic E-state index is 11.7. The van der Waals surface area contributed by atoms with Crippen LogP contribution in [0.3, 0.4) is 0 Å². The van der Waals surface area contributed by atoms with Gasteiger partial charge in [-0.05, 0) is 49.9 Å². The molecule has 102 valence electrons. The number of hydrogen-bond acceptors (Lipinski definition) is 4. The smallest absolute Gasteiger partial charge is 0.360 e. The number of aromatic nitrogens is 2. The van der Waals surface area contributed by atoms with Crippen molar-refractivity contribution in [3.05, 3.63) is 11.5 Å². The molecule has 0 radical (unpaired) electrons. The number of nitrogen functional groups attached to an aromatic ring is 1. The number of imidazole rings is 1. The second kappa shape index (κ2) is 3.52. The minimum absolute atomic E-state index is 0.275. The molecule has 0 spiro atoms. The summed E-state index contributed by atoms with van der Waals surface area (Å²) in [6, 6.07) is 0.483. The number of fused-ring (bicyclic) bond motifs is 5. The van der Waals surface area contributed by atoms with E-state index < -0.39 is 5.97 Å². The SMILES string of the molecule is COC(=O)c1nc(C)n(C2C3C4CCC(C4)C32)c1N. The Morgan fingerprint density at radius 2 is 2.00 bits per heavy atom. The summed E-state index contributed by atoms with van der Waals surface area (Å²) in [5, 5.41) is 0. The van der Waals surface area contributed by atoms with Crippen molar-refractivity contribution in [1.82, 2.24) is 9.55 Å². The number of rotatable bonds is 2. The molecule has 0 aromatic carbocycles. The first-order chi connectivity index (χ1) is 9.13. The van der Waals surface area contributed by atoms with E-state index in [-0.39, 0.29) is 5.69 Å². The van der Waals surface area contributed by atoms with E-state index in [9.17, 15) is 4.79 Å². The monoisotopic (exact) mass is 261 g/mol. The molecular weight excluding hydrogens is 242 g/mol. The molecule has 5 heteroatoms. The summed E-state index contributed by atoms with van der Waals surface area (Å²) in [4.78, 5) is 16.0. The average molecular weight is 261 g/mol. The third-order valence-electron chi connectivity index (χ3n) is 5.50. The Kier molecular flexibility index (Phi) is 2.10. The third-order valence-corrected chi connectivity index (χ3v) is 5.50. The van der Waals surface area contributed by atoms with Crippen molar-refractivity contribution in [2.45, 2.75) is 32.2 Å². The Hall–Kier alpha value is -1.52. The van der Waals surface area contributed by atoms with E-state index in [1.165, 1.54) is 26.4 Å². The number of nitrogens with two attached hydrogens (primary N) is 1. The third kappa shape index (κ3) is 1.30. The van der Waals surface area contributed by atoms with Crippen LogP contribution in [0.4, 0.5) is 5.82 Å². The molecule has 1 aromatic heterocycles. The van der Waals surface area contributed by atoms with Crippen LogP contribution in [0.15, 0.2) is 0 Å². The fraction of sp³-hybridized carbons (Fsp3) is 0.714. The molecule has 0 aliphatic heterocycles. The molecule has 4 atom stereocenters. The van der Waals surface area contributed by atoms with E-state index in [1.54, 1.807) is 0 Å². The molecule has 0 amide bonds. The standard InChI is InChI=1S/C14H19N3O2/c1-6-16-11(14(18)19-2)13(15)17(6)12-9-7-3-4-8(5-7)10(9)12/h7-10,12H,3-5,15H2,1-2H3. The molecular formula is C14H19N3O2. The van der Waals surface area contributed by atoms with Crippen molar-refractivity contribution in [3.8, 4) is 0 Å². The lowest BCUT2D eigenvalue weighted by molar-refractivity contribution is 0.0595. The lowest BCUT2D eigenvalue weighted by Gasteiger charge is -2.13. The molecule has 19 heavy (non-hydrogen) atoms. The Balaban J connectivity index is 1.70. The molecule has 4 unspecified atom stereocenters. The fourth-order valence-electron chi connectivity index (χ4n) is 4.81. The highest BCUT2D eigenvalue weighted by Gasteiger charge is 2.66. The minimum Gasteiger partial charge on any atom is -0.464 e. The molecule has 4 rings (SSSR count). The van der Waals surface area contributed by atoms with Crippen LogP contribution in [0.1, 0.15) is 41.6 Å². The molecule has 1 aromatic rings. The highest BCUT2D eigenvalue weighted by molar-refractivity contribution is 5.92. The second-order valence-corrected chi connectivity index (χ2v) is 6.23. The van der Waals surface area contributed by atoms with Crippen molar-refractivity contribution in [1.29, 1.82) is 0 Å². The van der Waals surface area contributed by atoms with Gasteiger partial charge in [0.25, 0.3) is 0 Å². The van der Waals surface area contributed by atoms with Crippen LogP contribution in [0.2, 0.25) is 0 Å².